The molecular formula is C10H8BrClN2O2S2. The third kappa shape index (κ3) is 3.03. The van der Waals surface area contributed by atoms with Gasteiger partial charge in [0.15, 0.2) is 0 Å². The maximum atomic E-state index is 12.1. The zero-order valence-corrected chi connectivity index (χ0v) is 13.1. The molecule has 0 aromatic carbocycles. The summed E-state index contributed by atoms with van der Waals surface area (Å²) in [6.45, 7) is 1.75. The summed E-state index contributed by atoms with van der Waals surface area (Å²) in [6, 6.07) is 4.59. The first-order valence-corrected chi connectivity index (χ1v) is 8.26. The summed E-state index contributed by atoms with van der Waals surface area (Å²) >= 11 is 10.4. The van der Waals surface area contributed by atoms with Gasteiger partial charge in [-0.25, -0.2) is 13.4 Å². The SMILES string of the molecule is Cc1sc(Br)cc1S(=O)(=O)Nc1cc(Cl)ccn1. The number of aromatic nitrogens is 1. The summed E-state index contributed by atoms with van der Waals surface area (Å²) in [7, 11) is -3.63. The van der Waals surface area contributed by atoms with Gasteiger partial charge in [-0.1, -0.05) is 11.6 Å². The number of hydrogen-bond donors (Lipinski definition) is 1. The van der Waals surface area contributed by atoms with Crippen molar-refractivity contribution in [3.05, 3.63) is 38.1 Å². The fourth-order valence-corrected chi connectivity index (χ4v) is 4.93. The van der Waals surface area contributed by atoms with Crippen molar-refractivity contribution >= 4 is 54.7 Å². The second kappa shape index (κ2) is 5.16. The number of hydrogen-bond acceptors (Lipinski definition) is 4. The zero-order chi connectivity index (χ0) is 13.3. The van der Waals surface area contributed by atoms with Crippen LogP contribution < -0.4 is 4.72 Å². The molecule has 1 N–H and O–H groups in total. The van der Waals surface area contributed by atoms with Gasteiger partial charge in [0, 0.05) is 22.2 Å². The number of pyridine rings is 1. The average Bonchev–Trinajstić information content (AvgIpc) is 2.58. The lowest BCUT2D eigenvalue weighted by Crippen LogP contribution is -2.13. The van der Waals surface area contributed by atoms with E-state index >= 15 is 0 Å². The predicted octanol–water partition coefficient (Wildman–Crippen LogP) is 3.67. The van der Waals surface area contributed by atoms with E-state index < -0.39 is 10.0 Å². The van der Waals surface area contributed by atoms with Crippen molar-refractivity contribution in [1.29, 1.82) is 0 Å². The molecule has 0 saturated heterocycles. The topological polar surface area (TPSA) is 59.1 Å². The van der Waals surface area contributed by atoms with Crippen molar-refractivity contribution in [3.63, 3.8) is 0 Å². The van der Waals surface area contributed by atoms with Crippen molar-refractivity contribution in [2.75, 3.05) is 4.72 Å². The van der Waals surface area contributed by atoms with Crippen LogP contribution in [0.3, 0.4) is 0 Å². The lowest BCUT2D eigenvalue weighted by atomic mass is 10.5. The first-order chi connectivity index (χ1) is 8.38. The minimum Gasteiger partial charge on any atom is -0.263 e. The fourth-order valence-electron chi connectivity index (χ4n) is 1.35. The van der Waals surface area contributed by atoms with Crippen LogP contribution in [0.1, 0.15) is 4.88 Å². The Balaban J connectivity index is 2.36. The van der Waals surface area contributed by atoms with Gasteiger partial charge in [-0.3, -0.25) is 4.72 Å². The molecule has 0 atom stereocenters. The van der Waals surface area contributed by atoms with Crippen LogP contribution in [-0.4, -0.2) is 13.4 Å². The van der Waals surface area contributed by atoms with Gasteiger partial charge >= 0.3 is 0 Å². The van der Waals surface area contributed by atoms with Crippen LogP contribution >= 0.6 is 38.9 Å². The molecular weight excluding hydrogens is 360 g/mol. The third-order valence-corrected chi connectivity index (χ3v) is 5.49. The Morgan fingerprint density at radius 1 is 1.44 bits per heavy atom. The molecule has 18 heavy (non-hydrogen) atoms. The number of nitrogens with zero attached hydrogens (tertiary/aromatic N) is 1. The van der Waals surface area contributed by atoms with Gasteiger partial charge in [-0.2, -0.15) is 0 Å². The van der Waals surface area contributed by atoms with E-state index in [1.807, 2.05) is 0 Å². The number of thiophene rings is 1. The highest BCUT2D eigenvalue weighted by atomic mass is 79.9. The quantitative estimate of drug-likeness (QED) is 0.900. The summed E-state index contributed by atoms with van der Waals surface area (Å²) < 4.78 is 27.4. The molecule has 0 fully saturated rings. The molecule has 0 unspecified atom stereocenters. The van der Waals surface area contributed by atoms with E-state index in [0.717, 1.165) is 3.79 Å². The largest absolute Gasteiger partial charge is 0.264 e. The first-order valence-electron chi connectivity index (χ1n) is 4.79. The fraction of sp³-hybridized carbons (Fsp3) is 0.100. The third-order valence-electron chi connectivity index (χ3n) is 2.09. The Hall–Kier alpha value is -0.630. The smallest absolute Gasteiger partial charge is 0.263 e. The normalized spacial score (nSPS) is 11.5. The summed E-state index contributed by atoms with van der Waals surface area (Å²) in [5.74, 6) is 0.198. The van der Waals surface area contributed by atoms with Crippen molar-refractivity contribution in [1.82, 2.24) is 4.98 Å². The first kappa shape index (κ1) is 13.8. The van der Waals surface area contributed by atoms with Gasteiger partial charge < -0.3 is 0 Å². The number of halogens is 2. The van der Waals surface area contributed by atoms with E-state index in [9.17, 15) is 8.42 Å². The molecule has 0 spiro atoms. The summed E-state index contributed by atoms with van der Waals surface area (Å²) in [5, 5.41) is 0.422. The van der Waals surface area contributed by atoms with Crippen LogP contribution in [0, 0.1) is 6.92 Å². The van der Waals surface area contributed by atoms with Gasteiger partial charge in [0.25, 0.3) is 10.0 Å². The molecule has 0 aliphatic heterocycles. The number of aryl methyl sites for hydroxylation is 1. The molecule has 96 valence electrons. The van der Waals surface area contributed by atoms with E-state index in [0.29, 0.717) is 9.90 Å². The van der Waals surface area contributed by atoms with Crippen molar-refractivity contribution < 1.29 is 8.42 Å². The lowest BCUT2D eigenvalue weighted by Gasteiger charge is -2.06. The molecule has 0 aliphatic rings. The number of nitrogens with one attached hydrogen (secondary N) is 1. The summed E-state index contributed by atoms with van der Waals surface area (Å²) in [5.41, 5.74) is 0. The van der Waals surface area contributed by atoms with E-state index in [1.54, 1.807) is 19.1 Å². The Bertz CT molecular complexity index is 685. The highest BCUT2D eigenvalue weighted by Gasteiger charge is 2.20. The molecule has 2 aromatic heterocycles. The van der Waals surface area contributed by atoms with E-state index in [2.05, 4.69) is 25.6 Å². The highest BCUT2D eigenvalue weighted by molar-refractivity contribution is 9.11. The molecule has 0 aliphatic carbocycles. The Labute approximate surface area is 122 Å². The van der Waals surface area contributed by atoms with Gasteiger partial charge in [0.2, 0.25) is 0 Å². The Morgan fingerprint density at radius 2 is 2.17 bits per heavy atom. The highest BCUT2D eigenvalue weighted by Crippen LogP contribution is 2.30. The molecule has 0 amide bonds. The molecule has 0 radical (unpaired) electrons. The molecule has 2 aromatic rings. The predicted molar refractivity (Wildman–Crippen MR) is 76.8 cm³/mol. The minimum atomic E-state index is -3.63. The molecule has 0 bridgehead atoms. The lowest BCUT2D eigenvalue weighted by molar-refractivity contribution is 0.601. The van der Waals surface area contributed by atoms with E-state index in [-0.39, 0.29) is 10.7 Å². The summed E-state index contributed by atoms with van der Waals surface area (Å²) in [6.07, 6.45) is 1.44. The number of anilines is 1. The average molecular weight is 368 g/mol. The molecule has 0 saturated carbocycles. The molecule has 4 nitrogen and oxygen atoms in total. The van der Waals surface area contributed by atoms with Crippen LogP contribution in [0.25, 0.3) is 0 Å². The van der Waals surface area contributed by atoms with E-state index in [4.69, 9.17) is 11.6 Å². The summed E-state index contributed by atoms with van der Waals surface area (Å²) in [4.78, 5) is 4.85. The van der Waals surface area contributed by atoms with Crippen LogP contribution in [0.5, 0.6) is 0 Å². The van der Waals surface area contributed by atoms with Gasteiger partial charge in [0.05, 0.1) is 3.79 Å². The zero-order valence-electron chi connectivity index (χ0n) is 9.15. The molecule has 2 heterocycles. The van der Waals surface area contributed by atoms with Crippen molar-refractivity contribution in [2.45, 2.75) is 11.8 Å². The van der Waals surface area contributed by atoms with Crippen molar-refractivity contribution in [3.8, 4) is 0 Å². The van der Waals surface area contributed by atoms with Crippen LogP contribution in [-0.2, 0) is 10.0 Å². The minimum absolute atomic E-state index is 0.198. The van der Waals surface area contributed by atoms with Crippen molar-refractivity contribution in [2.24, 2.45) is 0 Å². The van der Waals surface area contributed by atoms with Gasteiger partial charge in [0.1, 0.15) is 10.7 Å². The van der Waals surface area contributed by atoms with Crippen LogP contribution in [0.2, 0.25) is 5.02 Å². The Morgan fingerprint density at radius 3 is 2.72 bits per heavy atom. The second-order valence-corrected chi connectivity index (χ2v) is 8.16. The second-order valence-electron chi connectivity index (χ2n) is 3.44. The van der Waals surface area contributed by atoms with E-state index in [1.165, 1.54) is 23.6 Å². The van der Waals surface area contributed by atoms with Gasteiger partial charge in [-0.05, 0) is 35.0 Å². The number of rotatable bonds is 3. The molecule has 2 rings (SSSR count). The van der Waals surface area contributed by atoms with Crippen LogP contribution in [0.4, 0.5) is 5.82 Å². The maximum Gasteiger partial charge on any atom is 0.264 e. The maximum absolute atomic E-state index is 12.1. The monoisotopic (exact) mass is 366 g/mol. The standard InChI is InChI=1S/C10H8BrClN2O2S2/c1-6-8(5-9(11)17-6)18(15,16)14-10-4-7(12)2-3-13-10/h2-5H,1H3,(H,13,14). The van der Waals surface area contributed by atoms with Crippen LogP contribution in [0.15, 0.2) is 33.1 Å². The van der Waals surface area contributed by atoms with Gasteiger partial charge in [-0.15, -0.1) is 11.3 Å². The number of sulfonamides is 1. The molecule has 8 heteroatoms. The Kier molecular flexibility index (Phi) is 3.96.